The average Bonchev–Trinajstić information content (AvgIpc) is 2.72. The van der Waals surface area contributed by atoms with E-state index in [0.29, 0.717) is 6.54 Å². The predicted molar refractivity (Wildman–Crippen MR) is 63.8 cm³/mol. The maximum atomic E-state index is 5.69. The zero-order valence-electron chi connectivity index (χ0n) is 9.64. The first-order valence-corrected chi connectivity index (χ1v) is 5.46. The highest BCUT2D eigenvalue weighted by atomic mass is 15.4. The Morgan fingerprint density at radius 1 is 1.31 bits per heavy atom. The molecule has 1 heterocycles. The van der Waals surface area contributed by atoms with Gasteiger partial charge in [-0.25, -0.2) is 4.68 Å². The molecule has 0 unspecified atom stereocenters. The molecule has 0 aliphatic rings. The van der Waals surface area contributed by atoms with E-state index in [2.05, 4.69) is 36.3 Å². The van der Waals surface area contributed by atoms with Crippen molar-refractivity contribution in [3.8, 4) is 11.3 Å². The van der Waals surface area contributed by atoms with Crippen LogP contribution in [0.25, 0.3) is 11.3 Å². The number of hydrogen-bond acceptors (Lipinski definition) is 3. The largest absolute Gasteiger partial charge is 0.325 e. The molecule has 2 rings (SSSR count). The first-order valence-electron chi connectivity index (χ1n) is 5.46. The van der Waals surface area contributed by atoms with Gasteiger partial charge in [0.25, 0.3) is 0 Å². The van der Waals surface area contributed by atoms with Crippen LogP contribution in [0.5, 0.6) is 0 Å². The monoisotopic (exact) mass is 216 g/mol. The van der Waals surface area contributed by atoms with Crippen LogP contribution in [0, 0.1) is 6.92 Å². The first-order chi connectivity index (χ1) is 7.77. The molecule has 4 nitrogen and oxygen atoms in total. The number of aromatic nitrogens is 3. The quantitative estimate of drug-likeness (QED) is 0.850. The third kappa shape index (κ3) is 1.72. The number of nitrogens with zero attached hydrogens (tertiary/aromatic N) is 3. The van der Waals surface area contributed by atoms with Crippen molar-refractivity contribution < 1.29 is 0 Å². The maximum absolute atomic E-state index is 5.69. The molecule has 0 bridgehead atoms. The van der Waals surface area contributed by atoms with E-state index in [9.17, 15) is 0 Å². The fourth-order valence-electron chi connectivity index (χ4n) is 1.84. The Labute approximate surface area is 95.1 Å². The summed E-state index contributed by atoms with van der Waals surface area (Å²) in [4.78, 5) is 0. The molecule has 2 N–H and O–H groups in total. The van der Waals surface area contributed by atoms with Gasteiger partial charge in [-0.15, -0.1) is 5.10 Å². The second kappa shape index (κ2) is 4.45. The first kappa shape index (κ1) is 10.8. The highest BCUT2D eigenvalue weighted by Crippen LogP contribution is 2.25. The predicted octanol–water partition coefficient (Wildman–Crippen LogP) is 1.73. The highest BCUT2D eigenvalue weighted by molar-refractivity contribution is 5.65. The second-order valence-corrected chi connectivity index (χ2v) is 3.72. The molecular weight excluding hydrogens is 200 g/mol. The van der Waals surface area contributed by atoms with Crippen LogP contribution in [0.3, 0.4) is 0 Å². The maximum Gasteiger partial charge on any atom is 0.104 e. The summed E-state index contributed by atoms with van der Waals surface area (Å²) in [7, 11) is 0. The van der Waals surface area contributed by atoms with Crippen molar-refractivity contribution in [2.75, 3.05) is 0 Å². The number of aryl methyl sites for hydroxylation is 2. The van der Waals surface area contributed by atoms with E-state index in [-0.39, 0.29) is 0 Å². The lowest BCUT2D eigenvalue weighted by molar-refractivity contribution is 0.632. The molecule has 0 atom stereocenters. The van der Waals surface area contributed by atoms with E-state index >= 15 is 0 Å². The van der Waals surface area contributed by atoms with Crippen molar-refractivity contribution >= 4 is 0 Å². The van der Waals surface area contributed by atoms with Gasteiger partial charge in [0.15, 0.2) is 0 Å². The zero-order valence-corrected chi connectivity index (χ0v) is 9.64. The molecule has 1 aromatic carbocycles. The van der Waals surface area contributed by atoms with Crippen LogP contribution in [0.15, 0.2) is 24.3 Å². The molecule has 0 radical (unpaired) electrons. The summed E-state index contributed by atoms with van der Waals surface area (Å²) in [5, 5.41) is 8.22. The molecule has 0 aliphatic heterocycles. The van der Waals surface area contributed by atoms with E-state index in [1.165, 1.54) is 5.56 Å². The van der Waals surface area contributed by atoms with E-state index in [4.69, 9.17) is 5.73 Å². The normalized spacial score (nSPS) is 10.7. The molecule has 0 saturated carbocycles. The van der Waals surface area contributed by atoms with Gasteiger partial charge in [0.05, 0.1) is 5.69 Å². The Bertz CT molecular complexity index is 466. The molecule has 16 heavy (non-hydrogen) atoms. The third-order valence-electron chi connectivity index (χ3n) is 2.70. The molecule has 4 heteroatoms. The van der Waals surface area contributed by atoms with Gasteiger partial charge in [-0.2, -0.15) is 0 Å². The SMILES string of the molecule is CCn1nnc(CN)c1-c1ccccc1C. The Kier molecular flexibility index (Phi) is 3.01. The fourth-order valence-corrected chi connectivity index (χ4v) is 1.84. The van der Waals surface area contributed by atoms with Crippen molar-refractivity contribution in [2.24, 2.45) is 5.73 Å². The van der Waals surface area contributed by atoms with E-state index in [1.54, 1.807) is 0 Å². The molecule has 0 saturated heterocycles. The lowest BCUT2D eigenvalue weighted by Gasteiger charge is -2.08. The number of benzene rings is 1. The minimum absolute atomic E-state index is 0.420. The minimum atomic E-state index is 0.420. The summed E-state index contributed by atoms with van der Waals surface area (Å²) in [6.45, 7) is 5.36. The summed E-state index contributed by atoms with van der Waals surface area (Å²) in [6.07, 6.45) is 0. The van der Waals surface area contributed by atoms with Gasteiger partial charge in [0, 0.05) is 18.7 Å². The summed E-state index contributed by atoms with van der Waals surface area (Å²) in [5.41, 5.74) is 9.97. The fraction of sp³-hybridized carbons (Fsp3) is 0.333. The van der Waals surface area contributed by atoms with Gasteiger partial charge >= 0.3 is 0 Å². The van der Waals surface area contributed by atoms with Gasteiger partial charge in [-0.1, -0.05) is 29.5 Å². The Morgan fingerprint density at radius 2 is 2.06 bits per heavy atom. The van der Waals surface area contributed by atoms with E-state index < -0.39 is 0 Å². The van der Waals surface area contributed by atoms with Crippen LogP contribution in [0.4, 0.5) is 0 Å². The molecule has 0 fully saturated rings. The Balaban J connectivity index is 2.62. The highest BCUT2D eigenvalue weighted by Gasteiger charge is 2.13. The second-order valence-electron chi connectivity index (χ2n) is 3.72. The smallest absolute Gasteiger partial charge is 0.104 e. The lowest BCUT2D eigenvalue weighted by atomic mass is 10.0. The summed E-state index contributed by atoms with van der Waals surface area (Å²) < 4.78 is 1.89. The van der Waals surface area contributed by atoms with Gasteiger partial charge in [-0.3, -0.25) is 0 Å². The van der Waals surface area contributed by atoms with Gasteiger partial charge in [0.1, 0.15) is 5.69 Å². The minimum Gasteiger partial charge on any atom is -0.325 e. The Morgan fingerprint density at radius 3 is 2.69 bits per heavy atom. The van der Waals surface area contributed by atoms with Crippen LogP contribution >= 0.6 is 0 Å². The molecule has 84 valence electrons. The molecule has 0 spiro atoms. The van der Waals surface area contributed by atoms with Gasteiger partial charge in [-0.05, 0) is 19.4 Å². The number of nitrogens with two attached hydrogens (primary N) is 1. The third-order valence-corrected chi connectivity index (χ3v) is 2.70. The van der Waals surface area contributed by atoms with Crippen molar-refractivity contribution in [1.29, 1.82) is 0 Å². The van der Waals surface area contributed by atoms with Crippen molar-refractivity contribution in [3.05, 3.63) is 35.5 Å². The standard InChI is InChI=1S/C12H16N4/c1-3-16-12(11(8-13)14-15-16)10-7-5-4-6-9(10)2/h4-7H,3,8,13H2,1-2H3. The van der Waals surface area contributed by atoms with E-state index in [1.807, 2.05) is 16.8 Å². The van der Waals surface area contributed by atoms with Crippen LogP contribution in [-0.2, 0) is 13.1 Å². The lowest BCUT2D eigenvalue weighted by Crippen LogP contribution is -2.03. The van der Waals surface area contributed by atoms with Crippen LogP contribution < -0.4 is 5.73 Å². The van der Waals surface area contributed by atoms with E-state index in [0.717, 1.165) is 23.5 Å². The molecule has 1 aromatic heterocycles. The van der Waals surface area contributed by atoms with Gasteiger partial charge < -0.3 is 5.73 Å². The molecular formula is C12H16N4. The van der Waals surface area contributed by atoms with Gasteiger partial charge in [0.2, 0.25) is 0 Å². The molecule has 0 amide bonds. The van der Waals surface area contributed by atoms with Crippen molar-refractivity contribution in [3.63, 3.8) is 0 Å². The zero-order chi connectivity index (χ0) is 11.5. The number of rotatable bonds is 3. The summed E-state index contributed by atoms with van der Waals surface area (Å²) >= 11 is 0. The average molecular weight is 216 g/mol. The van der Waals surface area contributed by atoms with Crippen LogP contribution in [0.2, 0.25) is 0 Å². The van der Waals surface area contributed by atoms with Crippen molar-refractivity contribution in [2.45, 2.75) is 26.9 Å². The van der Waals surface area contributed by atoms with Crippen LogP contribution in [0.1, 0.15) is 18.2 Å². The number of hydrogen-bond donors (Lipinski definition) is 1. The summed E-state index contributed by atoms with van der Waals surface area (Å²) in [5.74, 6) is 0. The van der Waals surface area contributed by atoms with Crippen LogP contribution in [-0.4, -0.2) is 15.0 Å². The Hall–Kier alpha value is -1.68. The summed E-state index contributed by atoms with van der Waals surface area (Å²) in [6, 6.07) is 8.22. The molecule has 0 aliphatic carbocycles. The molecule has 2 aromatic rings. The van der Waals surface area contributed by atoms with Crippen molar-refractivity contribution in [1.82, 2.24) is 15.0 Å². The topological polar surface area (TPSA) is 56.7 Å².